The summed E-state index contributed by atoms with van der Waals surface area (Å²) in [5.41, 5.74) is 4.70. The average molecular weight is 975 g/mol. The normalized spacial score (nSPS) is 23.9. The third kappa shape index (κ3) is 15.1. The van der Waals surface area contributed by atoms with Gasteiger partial charge in [0.15, 0.2) is 6.29 Å². The van der Waals surface area contributed by atoms with Gasteiger partial charge in [0.2, 0.25) is 6.29 Å². The highest BCUT2D eigenvalue weighted by atomic mass is 16.8. The molecule has 12 heteroatoms. The second-order valence-corrected chi connectivity index (χ2v) is 17.2. The minimum Gasteiger partial charge on any atom is -0.497 e. The SMILES string of the molecule is C#CCOC[C@H]1O[C@H](O[C@H]2[C@H](OCc3ccccc3)[C@@H](OCc3ccccc3)[C@H](Oc3ccc(OC)cc3)O[C@@H]2COCc2ccccc2)[C@H](OCc2ccccc2)[C@@H](OCc2ccccc2)[C@@H]1OCC#C. The third-order valence-corrected chi connectivity index (χ3v) is 12.1. The molecule has 2 saturated heterocycles. The van der Waals surface area contributed by atoms with Gasteiger partial charge in [0.05, 0.1) is 53.4 Å². The standard InChI is InChI=1S/C60H62O12/c1-4-35-62-42-51-53(64-36-5-2)55(65-38-45-23-13-7-14-24-45)57(67-40-47-27-17-9-18-28-47)60(70-51)72-54-52(43-63-37-44-21-11-6-12-22-44)71-59(69-50-33-31-49(61-3)32-34-50)58(68-41-48-29-19-10-20-30-48)56(54)66-39-46-25-15-8-16-26-46/h1-2,6-34,51-60H,35-43H2,3H3/t51-,52-,53-,54-,55+,56+,57-,58-,59-,60-/m1/s1. The van der Waals surface area contributed by atoms with Crippen LogP contribution in [0.1, 0.15) is 27.8 Å². The molecule has 0 radical (unpaired) electrons. The van der Waals surface area contributed by atoms with Gasteiger partial charge in [-0.2, -0.15) is 0 Å². The Bertz CT molecular complexity index is 2520. The molecule has 6 aromatic carbocycles. The number of hydrogen-bond acceptors (Lipinski definition) is 12. The van der Waals surface area contributed by atoms with E-state index in [0.717, 1.165) is 27.8 Å². The molecule has 0 amide bonds. The van der Waals surface area contributed by atoms with E-state index >= 15 is 0 Å². The fourth-order valence-electron chi connectivity index (χ4n) is 8.58. The molecule has 10 atom stereocenters. The molecule has 0 spiro atoms. The fourth-order valence-corrected chi connectivity index (χ4v) is 8.58. The second-order valence-electron chi connectivity index (χ2n) is 17.2. The topological polar surface area (TPSA) is 111 Å². The number of rotatable bonds is 26. The fraction of sp³-hybridized carbons (Fsp3) is 0.333. The lowest BCUT2D eigenvalue weighted by atomic mass is 9.95. The summed E-state index contributed by atoms with van der Waals surface area (Å²) in [5, 5.41) is 0. The van der Waals surface area contributed by atoms with Crippen molar-refractivity contribution in [2.24, 2.45) is 0 Å². The molecule has 12 nitrogen and oxygen atoms in total. The van der Waals surface area contributed by atoms with Gasteiger partial charge in [-0.1, -0.05) is 164 Å². The first-order valence-electron chi connectivity index (χ1n) is 24.2. The van der Waals surface area contributed by atoms with E-state index < -0.39 is 61.4 Å². The van der Waals surface area contributed by atoms with E-state index in [2.05, 4.69) is 11.8 Å². The molecule has 2 aliphatic rings. The molecular formula is C60H62O12. The van der Waals surface area contributed by atoms with E-state index in [4.69, 9.17) is 69.7 Å². The Morgan fingerprint density at radius 3 is 1.25 bits per heavy atom. The van der Waals surface area contributed by atoms with E-state index in [1.165, 1.54) is 0 Å². The molecule has 0 saturated carbocycles. The summed E-state index contributed by atoms with van der Waals surface area (Å²) in [5.74, 6) is 6.37. The highest BCUT2D eigenvalue weighted by Crippen LogP contribution is 2.37. The Hall–Kier alpha value is -6.36. The largest absolute Gasteiger partial charge is 0.497 e. The molecule has 2 heterocycles. The van der Waals surface area contributed by atoms with E-state index in [0.29, 0.717) is 18.1 Å². The number of benzene rings is 6. The minimum absolute atomic E-state index is 0.0230. The van der Waals surface area contributed by atoms with Crippen molar-refractivity contribution in [2.75, 3.05) is 33.5 Å². The van der Waals surface area contributed by atoms with Crippen LogP contribution in [0.25, 0.3) is 0 Å². The van der Waals surface area contributed by atoms with Gasteiger partial charge in [-0.05, 0) is 52.1 Å². The van der Waals surface area contributed by atoms with Gasteiger partial charge < -0.3 is 56.8 Å². The van der Waals surface area contributed by atoms with Gasteiger partial charge in [0, 0.05) is 0 Å². The molecule has 2 fully saturated rings. The summed E-state index contributed by atoms with van der Waals surface area (Å²) in [6.45, 7) is 1.14. The van der Waals surface area contributed by atoms with Crippen LogP contribution in [0.2, 0.25) is 0 Å². The van der Waals surface area contributed by atoms with Gasteiger partial charge in [-0.3, -0.25) is 0 Å². The first-order valence-corrected chi connectivity index (χ1v) is 24.2. The van der Waals surface area contributed by atoms with Crippen molar-refractivity contribution in [1.29, 1.82) is 0 Å². The summed E-state index contributed by atoms with van der Waals surface area (Å²) in [4.78, 5) is 0. The number of ether oxygens (including phenoxy) is 12. The maximum absolute atomic E-state index is 7.43. The Morgan fingerprint density at radius 2 is 0.778 bits per heavy atom. The maximum Gasteiger partial charge on any atom is 0.229 e. The summed E-state index contributed by atoms with van der Waals surface area (Å²) in [6.07, 6.45) is 2.39. The van der Waals surface area contributed by atoms with Crippen LogP contribution >= 0.6 is 0 Å². The lowest BCUT2D eigenvalue weighted by Gasteiger charge is -2.50. The van der Waals surface area contributed by atoms with Crippen LogP contribution in [-0.2, 0) is 80.4 Å². The van der Waals surface area contributed by atoms with Gasteiger partial charge in [-0.25, -0.2) is 0 Å². The number of terminal acetylenes is 2. The van der Waals surface area contributed by atoms with Crippen molar-refractivity contribution in [3.8, 4) is 36.2 Å². The van der Waals surface area contributed by atoms with Crippen molar-refractivity contribution < 1.29 is 56.8 Å². The van der Waals surface area contributed by atoms with Gasteiger partial charge >= 0.3 is 0 Å². The predicted molar refractivity (Wildman–Crippen MR) is 270 cm³/mol. The first kappa shape index (κ1) is 52.0. The lowest BCUT2D eigenvalue weighted by Crippen LogP contribution is -2.67. The summed E-state index contributed by atoms with van der Waals surface area (Å²) in [6, 6.07) is 56.7. The molecular weight excluding hydrogens is 913 g/mol. The molecule has 0 N–H and O–H groups in total. The molecule has 8 rings (SSSR count). The van der Waals surface area contributed by atoms with Crippen molar-refractivity contribution in [3.05, 3.63) is 204 Å². The van der Waals surface area contributed by atoms with E-state index in [1.807, 2.05) is 176 Å². The molecule has 0 bridgehead atoms. The summed E-state index contributed by atoms with van der Waals surface area (Å²) >= 11 is 0. The van der Waals surface area contributed by atoms with E-state index in [1.54, 1.807) is 7.11 Å². The zero-order valence-corrected chi connectivity index (χ0v) is 40.4. The van der Waals surface area contributed by atoms with Crippen molar-refractivity contribution in [3.63, 3.8) is 0 Å². The van der Waals surface area contributed by atoms with Crippen LogP contribution in [0, 0.1) is 24.7 Å². The molecule has 6 aromatic rings. The molecule has 0 unspecified atom stereocenters. The van der Waals surface area contributed by atoms with Gasteiger partial charge in [0.1, 0.15) is 73.5 Å². The van der Waals surface area contributed by atoms with E-state index in [-0.39, 0.29) is 52.9 Å². The number of hydrogen-bond donors (Lipinski definition) is 0. The molecule has 374 valence electrons. The van der Waals surface area contributed by atoms with E-state index in [9.17, 15) is 0 Å². The van der Waals surface area contributed by atoms with Gasteiger partial charge in [0.25, 0.3) is 0 Å². The van der Waals surface area contributed by atoms with Crippen molar-refractivity contribution in [2.45, 2.75) is 94.4 Å². The van der Waals surface area contributed by atoms with Crippen molar-refractivity contribution in [1.82, 2.24) is 0 Å². The number of methoxy groups -OCH3 is 1. The van der Waals surface area contributed by atoms with Crippen LogP contribution in [0.15, 0.2) is 176 Å². The maximum atomic E-state index is 7.43. The predicted octanol–water partition coefficient (Wildman–Crippen LogP) is 9.14. The Morgan fingerprint density at radius 1 is 0.389 bits per heavy atom. The van der Waals surface area contributed by atoms with Gasteiger partial charge in [-0.15, -0.1) is 12.8 Å². The molecule has 0 aromatic heterocycles. The van der Waals surface area contributed by atoms with Crippen LogP contribution in [0.4, 0.5) is 0 Å². The molecule has 2 aliphatic heterocycles. The molecule has 0 aliphatic carbocycles. The smallest absolute Gasteiger partial charge is 0.229 e. The quantitative estimate of drug-likeness (QED) is 0.0382. The average Bonchev–Trinajstić information content (AvgIpc) is 3.43. The zero-order valence-electron chi connectivity index (χ0n) is 40.4. The summed E-state index contributed by atoms with van der Waals surface area (Å²) in [7, 11) is 1.62. The summed E-state index contributed by atoms with van der Waals surface area (Å²) < 4.78 is 80.6. The zero-order chi connectivity index (χ0) is 49.6. The Kier molecular flexibility index (Phi) is 20.2. The van der Waals surface area contributed by atoms with Crippen LogP contribution in [-0.4, -0.2) is 94.9 Å². The van der Waals surface area contributed by atoms with Crippen LogP contribution < -0.4 is 9.47 Å². The second kappa shape index (κ2) is 28.0. The monoisotopic (exact) mass is 974 g/mol. The highest BCUT2D eigenvalue weighted by Gasteiger charge is 2.55. The Labute approximate surface area is 423 Å². The Balaban J connectivity index is 1.22. The third-order valence-electron chi connectivity index (χ3n) is 12.1. The highest BCUT2D eigenvalue weighted by molar-refractivity contribution is 5.31. The minimum atomic E-state index is -1.17. The van der Waals surface area contributed by atoms with Crippen molar-refractivity contribution >= 4 is 0 Å². The van der Waals surface area contributed by atoms with Crippen LogP contribution in [0.3, 0.4) is 0 Å². The van der Waals surface area contributed by atoms with Crippen LogP contribution in [0.5, 0.6) is 11.5 Å². The molecule has 72 heavy (non-hydrogen) atoms. The first-order chi connectivity index (χ1) is 35.6. The lowest BCUT2D eigenvalue weighted by molar-refractivity contribution is -0.370.